The van der Waals surface area contributed by atoms with Crippen molar-refractivity contribution in [2.45, 2.75) is 45.1 Å². The molecule has 0 aliphatic carbocycles. The molecule has 0 aromatic heterocycles. The van der Waals surface area contributed by atoms with Gasteiger partial charge in [0.25, 0.3) is 5.91 Å². The van der Waals surface area contributed by atoms with Crippen LogP contribution in [0.1, 0.15) is 54.2 Å². The van der Waals surface area contributed by atoms with Gasteiger partial charge in [-0.25, -0.2) is 0 Å². The predicted molar refractivity (Wildman–Crippen MR) is 103 cm³/mol. The van der Waals surface area contributed by atoms with Crippen molar-refractivity contribution < 1.29 is 14.7 Å². The smallest absolute Gasteiger partial charge is 0.261 e. The molecule has 0 radical (unpaired) electrons. The molecule has 3 rings (SSSR count). The van der Waals surface area contributed by atoms with Crippen molar-refractivity contribution in [1.29, 1.82) is 0 Å². The molecule has 0 saturated heterocycles. The van der Waals surface area contributed by atoms with Gasteiger partial charge in [-0.1, -0.05) is 62.7 Å². The van der Waals surface area contributed by atoms with Crippen LogP contribution in [0.3, 0.4) is 0 Å². The summed E-state index contributed by atoms with van der Waals surface area (Å²) in [6, 6.07) is 10.7. The van der Waals surface area contributed by atoms with Gasteiger partial charge in [-0.05, 0) is 29.5 Å². The Morgan fingerprint density at radius 1 is 1.15 bits per heavy atom. The fourth-order valence-electron chi connectivity index (χ4n) is 3.24. The van der Waals surface area contributed by atoms with Crippen molar-refractivity contribution in [1.82, 2.24) is 0 Å². The van der Waals surface area contributed by atoms with Crippen LogP contribution < -0.4 is 5.32 Å². The molecule has 0 unspecified atom stereocenters. The van der Waals surface area contributed by atoms with Crippen LogP contribution in [-0.4, -0.2) is 16.8 Å². The predicted octanol–water partition coefficient (Wildman–Crippen LogP) is 4.36. The van der Waals surface area contributed by atoms with Crippen molar-refractivity contribution in [2.75, 3.05) is 5.32 Å². The van der Waals surface area contributed by atoms with Gasteiger partial charge in [0.05, 0.1) is 12.1 Å². The lowest BCUT2D eigenvalue weighted by molar-refractivity contribution is -0.133. The third kappa shape index (κ3) is 3.04. The number of carbonyl (C=O) groups excluding carboxylic acids is 2. The third-order valence-electron chi connectivity index (χ3n) is 4.88. The summed E-state index contributed by atoms with van der Waals surface area (Å²) in [5, 5.41) is 13.9. The summed E-state index contributed by atoms with van der Waals surface area (Å²) in [6.07, 6.45) is -0.357. The quantitative estimate of drug-likeness (QED) is 0.788. The summed E-state index contributed by atoms with van der Waals surface area (Å²) >= 11 is 6.23. The number of benzene rings is 2. The molecule has 1 heterocycles. The summed E-state index contributed by atoms with van der Waals surface area (Å²) in [4.78, 5) is 25.2. The summed E-state index contributed by atoms with van der Waals surface area (Å²) in [5.41, 5.74) is 1.14. The zero-order valence-electron chi connectivity index (χ0n) is 15.3. The SMILES string of the molecule is Cc1ccc(Cl)c2c1NC(=O)[C@]2(O)CC(=O)c1ccc(C(C)(C)C)cc1. The standard InChI is InChI=1S/C21H22ClNO3/c1-12-5-10-15(22)17-18(12)23-19(25)21(17,26)11-16(24)13-6-8-14(9-7-13)20(2,3)4/h5-10,26H,11H2,1-4H3,(H,23,25)/t21-/m0/s1. The molecule has 1 amide bonds. The van der Waals surface area contributed by atoms with E-state index in [4.69, 9.17) is 11.6 Å². The molecule has 2 N–H and O–H groups in total. The number of fused-ring (bicyclic) bond motifs is 1. The Morgan fingerprint density at radius 2 is 1.77 bits per heavy atom. The molecular formula is C21H22ClNO3. The summed E-state index contributed by atoms with van der Waals surface area (Å²) in [6.45, 7) is 8.10. The highest BCUT2D eigenvalue weighted by Gasteiger charge is 2.48. The molecule has 1 aliphatic heterocycles. The maximum Gasteiger partial charge on any atom is 0.261 e. The van der Waals surface area contributed by atoms with E-state index in [1.165, 1.54) is 0 Å². The number of aliphatic hydroxyl groups is 1. The Balaban J connectivity index is 1.93. The highest BCUT2D eigenvalue weighted by Crippen LogP contribution is 2.44. The second-order valence-corrected chi connectivity index (χ2v) is 8.26. The van der Waals surface area contributed by atoms with Crippen LogP contribution in [0.15, 0.2) is 36.4 Å². The molecule has 0 fully saturated rings. The number of rotatable bonds is 3. The minimum atomic E-state index is -1.96. The maximum atomic E-state index is 12.7. The number of ketones is 1. The Morgan fingerprint density at radius 3 is 2.35 bits per heavy atom. The molecule has 136 valence electrons. The van der Waals surface area contributed by atoms with Crippen LogP contribution >= 0.6 is 11.6 Å². The molecule has 26 heavy (non-hydrogen) atoms. The van der Waals surface area contributed by atoms with Gasteiger partial charge in [0.2, 0.25) is 0 Å². The van der Waals surface area contributed by atoms with Gasteiger partial charge in [0.1, 0.15) is 0 Å². The Kier molecular flexibility index (Phi) is 4.45. The first-order chi connectivity index (χ1) is 12.0. The van der Waals surface area contributed by atoms with E-state index in [0.29, 0.717) is 11.3 Å². The lowest BCUT2D eigenvalue weighted by atomic mass is 9.84. The Labute approximate surface area is 158 Å². The van der Waals surface area contributed by atoms with Gasteiger partial charge >= 0.3 is 0 Å². The number of hydrogen-bond acceptors (Lipinski definition) is 3. The first kappa shape index (κ1) is 18.6. The molecule has 1 aliphatic rings. The molecule has 0 bridgehead atoms. The number of carbonyl (C=O) groups is 2. The van der Waals surface area contributed by atoms with E-state index in [1.807, 2.05) is 19.1 Å². The Bertz CT molecular complexity index is 897. The molecule has 0 saturated carbocycles. The van der Waals surface area contributed by atoms with Gasteiger partial charge in [0, 0.05) is 16.1 Å². The number of amides is 1. The molecule has 5 heteroatoms. The van der Waals surface area contributed by atoms with Gasteiger partial charge in [0.15, 0.2) is 11.4 Å². The largest absolute Gasteiger partial charge is 0.375 e. The highest BCUT2D eigenvalue weighted by molar-refractivity contribution is 6.33. The summed E-state index contributed by atoms with van der Waals surface area (Å²) in [7, 11) is 0. The molecule has 2 aromatic carbocycles. The summed E-state index contributed by atoms with van der Waals surface area (Å²) in [5.74, 6) is -0.933. The number of aryl methyl sites for hydroxylation is 1. The summed E-state index contributed by atoms with van der Waals surface area (Å²) < 4.78 is 0. The molecule has 0 spiro atoms. The first-order valence-corrected chi connectivity index (χ1v) is 8.89. The lowest BCUT2D eigenvalue weighted by Crippen LogP contribution is -2.36. The number of Topliss-reactive ketones (excluding diaryl/α,β-unsaturated/α-hetero) is 1. The molecule has 4 nitrogen and oxygen atoms in total. The van der Waals surface area contributed by atoms with Crippen LogP contribution in [-0.2, 0) is 15.8 Å². The van der Waals surface area contributed by atoms with Crippen LogP contribution in [0.2, 0.25) is 5.02 Å². The Hall–Kier alpha value is -2.17. The van der Waals surface area contributed by atoms with Gasteiger partial charge in [-0.2, -0.15) is 0 Å². The monoisotopic (exact) mass is 371 g/mol. The van der Waals surface area contributed by atoms with Crippen molar-refractivity contribution in [2.24, 2.45) is 0 Å². The van der Waals surface area contributed by atoms with Crippen LogP contribution in [0.5, 0.6) is 0 Å². The molecule has 2 aromatic rings. The molecular weight excluding hydrogens is 350 g/mol. The van der Waals surface area contributed by atoms with Crippen molar-refractivity contribution >= 4 is 29.0 Å². The molecule has 1 atom stereocenters. The van der Waals surface area contributed by atoms with Gasteiger partial charge < -0.3 is 10.4 Å². The average Bonchev–Trinajstić information content (AvgIpc) is 2.83. The highest BCUT2D eigenvalue weighted by atomic mass is 35.5. The second kappa shape index (κ2) is 6.22. The number of halogens is 1. The van der Waals surface area contributed by atoms with E-state index in [-0.39, 0.29) is 28.2 Å². The fourth-order valence-corrected chi connectivity index (χ4v) is 3.55. The van der Waals surface area contributed by atoms with E-state index in [9.17, 15) is 14.7 Å². The van der Waals surface area contributed by atoms with Crippen LogP contribution in [0.25, 0.3) is 0 Å². The number of nitrogens with one attached hydrogen (secondary N) is 1. The normalized spacial score (nSPS) is 19.2. The second-order valence-electron chi connectivity index (χ2n) is 7.86. The van der Waals surface area contributed by atoms with Crippen molar-refractivity contribution in [3.8, 4) is 0 Å². The van der Waals surface area contributed by atoms with E-state index in [2.05, 4.69) is 26.1 Å². The van der Waals surface area contributed by atoms with Crippen LogP contribution in [0.4, 0.5) is 5.69 Å². The van der Waals surface area contributed by atoms with Gasteiger partial charge in [-0.15, -0.1) is 0 Å². The van der Waals surface area contributed by atoms with E-state index < -0.39 is 11.5 Å². The fraction of sp³-hybridized carbons (Fsp3) is 0.333. The number of anilines is 1. The van der Waals surface area contributed by atoms with E-state index in [0.717, 1.165) is 11.1 Å². The topological polar surface area (TPSA) is 66.4 Å². The van der Waals surface area contributed by atoms with E-state index >= 15 is 0 Å². The average molecular weight is 372 g/mol. The minimum absolute atomic E-state index is 0.0187. The zero-order chi connectivity index (χ0) is 19.3. The van der Waals surface area contributed by atoms with Gasteiger partial charge in [-0.3, -0.25) is 9.59 Å². The van der Waals surface area contributed by atoms with Crippen molar-refractivity contribution in [3.63, 3.8) is 0 Å². The zero-order valence-corrected chi connectivity index (χ0v) is 16.1. The van der Waals surface area contributed by atoms with E-state index in [1.54, 1.807) is 24.3 Å². The number of hydrogen-bond donors (Lipinski definition) is 2. The minimum Gasteiger partial charge on any atom is -0.375 e. The lowest BCUT2D eigenvalue weighted by Gasteiger charge is -2.22. The van der Waals surface area contributed by atoms with Crippen molar-refractivity contribution in [3.05, 3.63) is 63.7 Å². The van der Waals surface area contributed by atoms with Crippen LogP contribution in [0, 0.1) is 6.92 Å². The third-order valence-corrected chi connectivity index (χ3v) is 5.19. The first-order valence-electron chi connectivity index (χ1n) is 8.51. The maximum absolute atomic E-state index is 12.7.